The second-order valence-electron chi connectivity index (χ2n) is 8.77. The molecule has 0 aliphatic heterocycles. The van der Waals surface area contributed by atoms with E-state index in [1.807, 2.05) is 0 Å². The molecule has 7 heteroatoms. The Morgan fingerprint density at radius 3 is 2.30 bits per heavy atom. The van der Waals surface area contributed by atoms with Crippen molar-refractivity contribution in [1.29, 1.82) is 0 Å². The Bertz CT molecular complexity index is 938. The molecule has 2 fully saturated rings. The van der Waals surface area contributed by atoms with Crippen molar-refractivity contribution >= 4 is 10.8 Å². The first-order valence-corrected chi connectivity index (χ1v) is 10.5. The topological polar surface area (TPSA) is 9.23 Å². The lowest BCUT2D eigenvalue weighted by molar-refractivity contribution is -0.276. The molecule has 0 bridgehead atoms. The highest BCUT2D eigenvalue weighted by atomic mass is 19.4. The van der Waals surface area contributed by atoms with Crippen molar-refractivity contribution in [1.82, 2.24) is 0 Å². The minimum Gasteiger partial charge on any atom is -0.399 e. The van der Waals surface area contributed by atoms with Crippen LogP contribution in [0.25, 0.3) is 10.8 Å². The molecule has 30 heavy (non-hydrogen) atoms. The van der Waals surface area contributed by atoms with Gasteiger partial charge in [-0.25, -0.2) is 13.2 Å². The van der Waals surface area contributed by atoms with Crippen molar-refractivity contribution in [3.8, 4) is 5.75 Å². The Hall–Kier alpha value is -1.92. The molecule has 1 nitrogen and oxygen atoms in total. The number of rotatable bonds is 3. The minimum absolute atomic E-state index is 0.0838. The first kappa shape index (κ1) is 21.3. The molecule has 2 unspecified atom stereocenters. The number of fused-ring (bicyclic) bond motifs is 2. The molecule has 2 aliphatic rings. The van der Waals surface area contributed by atoms with E-state index in [1.165, 1.54) is 31.4 Å². The molecule has 164 valence electrons. The van der Waals surface area contributed by atoms with Crippen LogP contribution in [0.2, 0.25) is 0 Å². The molecule has 4 atom stereocenters. The normalized spacial score (nSPS) is 27.2. The maximum Gasteiger partial charge on any atom is 0.573 e. The van der Waals surface area contributed by atoms with Crippen molar-refractivity contribution in [3.63, 3.8) is 0 Å². The molecule has 0 radical (unpaired) electrons. The van der Waals surface area contributed by atoms with E-state index in [0.717, 1.165) is 31.6 Å². The zero-order valence-corrected chi connectivity index (χ0v) is 16.7. The second kappa shape index (κ2) is 7.97. The molecule has 2 aromatic carbocycles. The summed E-state index contributed by atoms with van der Waals surface area (Å²) in [6.45, 7) is 2.22. The fourth-order valence-electron chi connectivity index (χ4n) is 5.52. The third-order valence-corrected chi connectivity index (χ3v) is 7.05. The number of hydrogen-bond acceptors (Lipinski definition) is 1. The van der Waals surface area contributed by atoms with Gasteiger partial charge in [-0.05, 0) is 78.9 Å². The zero-order valence-electron chi connectivity index (χ0n) is 16.7. The molecule has 0 aromatic heterocycles. The van der Waals surface area contributed by atoms with E-state index >= 15 is 0 Å². The highest BCUT2D eigenvalue weighted by Crippen LogP contribution is 2.48. The van der Waals surface area contributed by atoms with Crippen LogP contribution in [0.5, 0.6) is 5.75 Å². The first-order chi connectivity index (χ1) is 14.2. The highest BCUT2D eigenvalue weighted by molar-refractivity contribution is 5.86. The van der Waals surface area contributed by atoms with Crippen LogP contribution in [0.4, 0.5) is 26.3 Å². The molecule has 2 aromatic rings. The predicted octanol–water partition coefficient (Wildman–Crippen LogP) is 7.87. The van der Waals surface area contributed by atoms with Crippen LogP contribution >= 0.6 is 0 Å². The van der Waals surface area contributed by atoms with Crippen molar-refractivity contribution in [2.75, 3.05) is 0 Å². The van der Waals surface area contributed by atoms with Gasteiger partial charge in [0.25, 0.3) is 0 Å². The summed E-state index contributed by atoms with van der Waals surface area (Å²) < 4.78 is 84.1. The van der Waals surface area contributed by atoms with Crippen LogP contribution in [-0.4, -0.2) is 6.36 Å². The van der Waals surface area contributed by atoms with Crippen molar-refractivity contribution in [3.05, 3.63) is 41.2 Å². The van der Waals surface area contributed by atoms with Crippen molar-refractivity contribution in [2.45, 2.75) is 64.1 Å². The maximum atomic E-state index is 14.7. The third-order valence-electron chi connectivity index (χ3n) is 7.05. The molecule has 0 amide bonds. The Morgan fingerprint density at radius 1 is 0.900 bits per heavy atom. The quantitative estimate of drug-likeness (QED) is 0.450. The highest BCUT2D eigenvalue weighted by Gasteiger charge is 2.37. The van der Waals surface area contributed by atoms with Gasteiger partial charge >= 0.3 is 6.36 Å². The molecule has 2 saturated carbocycles. The number of hydrogen-bond donors (Lipinski definition) is 0. The van der Waals surface area contributed by atoms with Gasteiger partial charge in [0.2, 0.25) is 5.75 Å². The Kier molecular flexibility index (Phi) is 5.66. The lowest BCUT2D eigenvalue weighted by Crippen LogP contribution is -2.30. The summed E-state index contributed by atoms with van der Waals surface area (Å²) in [6, 6.07) is 3.40. The molecule has 0 heterocycles. The van der Waals surface area contributed by atoms with E-state index in [1.54, 1.807) is 0 Å². The number of ether oxygens (including phenoxy) is 1. The van der Waals surface area contributed by atoms with Crippen LogP contribution in [-0.2, 0) is 0 Å². The second-order valence-corrected chi connectivity index (χ2v) is 8.77. The standard InChI is InChI=1S/C23H24F6O/c1-2-12-3-4-14-8-15(6-5-13(14)7-12)16-9-17-11-19(25)22(30-23(27,28)29)21(26)20(17)18(24)10-16/h9-15H,2-8H2,1H3/t12-,13?,14-,15?/m1/s1. The van der Waals surface area contributed by atoms with Gasteiger partial charge in [0.1, 0.15) is 5.82 Å². The fraction of sp³-hybridized carbons (Fsp3) is 0.565. The van der Waals surface area contributed by atoms with Gasteiger partial charge in [0.15, 0.2) is 11.6 Å². The SMILES string of the molecule is CC[C@@H]1CC[C@@H]2CC(c3cc(F)c4c(F)c(OC(F)(F)F)c(F)cc4c3)CCC2C1. The van der Waals surface area contributed by atoms with E-state index in [9.17, 15) is 26.3 Å². The lowest BCUT2D eigenvalue weighted by Gasteiger charge is -2.42. The molecule has 0 N–H and O–H groups in total. The van der Waals surface area contributed by atoms with E-state index in [-0.39, 0.29) is 11.3 Å². The molecular formula is C23H24F6O. The summed E-state index contributed by atoms with van der Waals surface area (Å²) in [6.07, 6.45) is 2.34. The average Bonchev–Trinajstić information content (AvgIpc) is 2.69. The summed E-state index contributed by atoms with van der Waals surface area (Å²) in [5, 5.41) is -0.775. The maximum absolute atomic E-state index is 14.7. The summed E-state index contributed by atoms with van der Waals surface area (Å²) in [4.78, 5) is 0. The van der Waals surface area contributed by atoms with Crippen molar-refractivity contribution in [2.24, 2.45) is 17.8 Å². The minimum atomic E-state index is -5.28. The first-order valence-electron chi connectivity index (χ1n) is 10.5. The van der Waals surface area contributed by atoms with Crippen LogP contribution in [0.3, 0.4) is 0 Å². The number of halogens is 6. The summed E-state index contributed by atoms with van der Waals surface area (Å²) in [5.74, 6) is -3.69. The van der Waals surface area contributed by atoms with E-state index in [4.69, 9.17) is 0 Å². The fourth-order valence-corrected chi connectivity index (χ4v) is 5.52. The number of benzene rings is 2. The van der Waals surface area contributed by atoms with E-state index in [2.05, 4.69) is 11.7 Å². The summed E-state index contributed by atoms with van der Waals surface area (Å²) >= 11 is 0. The molecule has 2 aliphatic carbocycles. The molecule has 4 rings (SSSR count). The molecular weight excluding hydrogens is 406 g/mol. The van der Waals surface area contributed by atoms with Crippen LogP contribution < -0.4 is 4.74 Å². The smallest absolute Gasteiger partial charge is 0.399 e. The zero-order chi connectivity index (χ0) is 21.6. The largest absolute Gasteiger partial charge is 0.573 e. The van der Waals surface area contributed by atoms with Gasteiger partial charge < -0.3 is 4.74 Å². The summed E-state index contributed by atoms with van der Waals surface area (Å²) in [5.41, 5.74) is 0.652. The Balaban J connectivity index is 1.63. The molecule has 0 saturated heterocycles. The van der Waals surface area contributed by atoms with Gasteiger partial charge in [-0.3, -0.25) is 0 Å². The summed E-state index contributed by atoms with van der Waals surface area (Å²) in [7, 11) is 0. The lowest BCUT2D eigenvalue weighted by atomic mass is 9.63. The van der Waals surface area contributed by atoms with Gasteiger partial charge in [-0.15, -0.1) is 13.2 Å². The average molecular weight is 430 g/mol. The predicted molar refractivity (Wildman–Crippen MR) is 102 cm³/mol. The Labute approximate surface area is 171 Å². The van der Waals surface area contributed by atoms with E-state index < -0.39 is 34.9 Å². The van der Waals surface area contributed by atoms with Crippen LogP contribution in [0, 0.1) is 35.2 Å². The third kappa shape index (κ3) is 4.12. The Morgan fingerprint density at radius 2 is 1.60 bits per heavy atom. The molecule has 0 spiro atoms. The monoisotopic (exact) mass is 430 g/mol. The van der Waals surface area contributed by atoms with Gasteiger partial charge in [0.05, 0.1) is 5.39 Å². The van der Waals surface area contributed by atoms with E-state index in [0.29, 0.717) is 23.5 Å². The van der Waals surface area contributed by atoms with Gasteiger partial charge in [0, 0.05) is 0 Å². The number of alkyl halides is 3. The van der Waals surface area contributed by atoms with Gasteiger partial charge in [-0.2, -0.15) is 0 Å². The van der Waals surface area contributed by atoms with Crippen molar-refractivity contribution < 1.29 is 31.1 Å². The van der Waals surface area contributed by atoms with Gasteiger partial charge in [-0.1, -0.05) is 25.8 Å². The van der Waals surface area contributed by atoms with Crippen LogP contribution in [0.1, 0.15) is 63.4 Å². The van der Waals surface area contributed by atoms with Crippen LogP contribution in [0.15, 0.2) is 18.2 Å².